The first kappa shape index (κ1) is 33.6. The molecule has 272 valence electrons. The van der Waals surface area contributed by atoms with Crippen molar-refractivity contribution in [2.45, 2.75) is 71.6 Å². The van der Waals surface area contributed by atoms with E-state index in [9.17, 15) is 0 Å². The van der Waals surface area contributed by atoms with Crippen LogP contribution in [0, 0.1) is 0 Å². The van der Waals surface area contributed by atoms with Crippen molar-refractivity contribution in [3.05, 3.63) is 144 Å². The molecule has 0 aliphatic heterocycles. The normalized spacial score (nSPS) is 12.2. The van der Waals surface area contributed by atoms with Crippen LogP contribution in [0.5, 0.6) is 0 Å². The Morgan fingerprint density at radius 1 is 0.382 bits per heavy atom. The molecule has 0 N–H and O–H groups in total. The number of benzene rings is 8. The number of aryl methyl sites for hydroxylation is 2. The van der Waals surface area contributed by atoms with Crippen molar-refractivity contribution in [3.8, 4) is 0 Å². The molecule has 8 heteroatoms. The van der Waals surface area contributed by atoms with E-state index in [1.807, 2.05) is 21.8 Å². The van der Waals surface area contributed by atoms with Gasteiger partial charge in [-0.05, 0) is 88.6 Å². The highest BCUT2D eigenvalue weighted by Gasteiger charge is 2.13. The Kier molecular flexibility index (Phi) is 8.98. The van der Waals surface area contributed by atoms with Gasteiger partial charge in [0.2, 0.25) is 0 Å². The molecule has 0 amide bonds. The molecule has 0 saturated heterocycles. The molecule has 0 aliphatic carbocycles. The SMILES string of the molecule is c1cc2ccc3ccc(COCc4cn(CCCCCCCn5cc(COCc6ccc7ccc8cccc9ccc6c7c89)nn5)nn4)c4ccc(c1)c2c34. The predicted octanol–water partition coefficient (Wildman–Crippen LogP) is 10.7. The molecule has 10 aromatic rings. The monoisotopic (exact) mass is 722 g/mol. The van der Waals surface area contributed by atoms with Crippen LogP contribution in [0.25, 0.3) is 64.6 Å². The number of hydrogen-bond acceptors (Lipinski definition) is 6. The van der Waals surface area contributed by atoms with Crippen LogP contribution in [0.4, 0.5) is 0 Å². The average Bonchev–Trinajstić information content (AvgIpc) is 3.89. The van der Waals surface area contributed by atoms with Crippen LogP contribution < -0.4 is 0 Å². The quantitative estimate of drug-likeness (QED) is 0.0730. The second-order valence-electron chi connectivity index (χ2n) is 14.9. The third-order valence-electron chi connectivity index (χ3n) is 11.2. The van der Waals surface area contributed by atoms with Crippen LogP contribution in [-0.4, -0.2) is 30.0 Å². The average molecular weight is 723 g/mol. The van der Waals surface area contributed by atoms with Gasteiger partial charge in [0.25, 0.3) is 0 Å². The van der Waals surface area contributed by atoms with Crippen molar-refractivity contribution < 1.29 is 9.47 Å². The largest absolute Gasteiger partial charge is 0.370 e. The molecule has 0 radical (unpaired) electrons. The van der Waals surface area contributed by atoms with Gasteiger partial charge in [-0.2, -0.15) is 0 Å². The Hall–Kier alpha value is -5.96. The Balaban J connectivity index is 0.639. The first-order valence-corrected chi connectivity index (χ1v) is 19.5. The van der Waals surface area contributed by atoms with E-state index in [0.29, 0.717) is 26.4 Å². The number of unbranched alkanes of at least 4 members (excludes halogenated alkanes) is 4. The first-order chi connectivity index (χ1) is 27.2. The van der Waals surface area contributed by atoms with E-state index in [0.717, 1.165) is 50.2 Å². The lowest BCUT2D eigenvalue weighted by Gasteiger charge is -2.13. The first-order valence-electron chi connectivity index (χ1n) is 19.5. The number of rotatable bonds is 16. The molecule has 55 heavy (non-hydrogen) atoms. The molecule has 8 nitrogen and oxygen atoms in total. The van der Waals surface area contributed by atoms with Gasteiger partial charge in [0.15, 0.2) is 0 Å². The van der Waals surface area contributed by atoms with Crippen molar-refractivity contribution in [2.75, 3.05) is 0 Å². The molecule has 0 bridgehead atoms. The molecular weight excluding hydrogens is 681 g/mol. The lowest BCUT2D eigenvalue weighted by atomic mass is 9.92. The van der Waals surface area contributed by atoms with E-state index in [4.69, 9.17) is 9.47 Å². The van der Waals surface area contributed by atoms with Crippen LogP contribution in [0.15, 0.2) is 122 Å². The highest BCUT2D eigenvalue weighted by molar-refractivity contribution is 6.24. The number of nitrogens with zero attached hydrogens (tertiary/aromatic N) is 6. The fourth-order valence-corrected chi connectivity index (χ4v) is 8.48. The standard InChI is InChI=1S/C47H42N6O2/c1(2-4-24-52-26-40(48-50-52)30-54-28-38-18-16-36-14-12-32-8-6-10-34-20-22-42(38)46(36)44(32)34)3-5-25-53-27-41(49-51-53)31-55-29-39-19-17-37-15-13-33-9-7-11-35-21-23-43(39)47(37)45(33)35/h6-23,26-27H,1-5,24-25,28-31H2. The van der Waals surface area contributed by atoms with Crippen LogP contribution in [-0.2, 0) is 49.0 Å². The summed E-state index contributed by atoms with van der Waals surface area (Å²) in [5.74, 6) is 0. The maximum absolute atomic E-state index is 6.15. The molecular formula is C47H42N6O2. The summed E-state index contributed by atoms with van der Waals surface area (Å²) in [6.07, 6.45) is 9.66. The third-order valence-corrected chi connectivity index (χ3v) is 11.2. The highest BCUT2D eigenvalue weighted by atomic mass is 16.5. The van der Waals surface area contributed by atoms with Gasteiger partial charge < -0.3 is 9.47 Å². The van der Waals surface area contributed by atoms with Gasteiger partial charge >= 0.3 is 0 Å². The number of hydrogen-bond donors (Lipinski definition) is 0. The van der Waals surface area contributed by atoms with Crippen molar-refractivity contribution in [1.29, 1.82) is 0 Å². The Bertz CT molecular complexity index is 2660. The van der Waals surface area contributed by atoms with Crippen LogP contribution in [0.3, 0.4) is 0 Å². The smallest absolute Gasteiger partial charge is 0.108 e. The van der Waals surface area contributed by atoms with E-state index < -0.39 is 0 Å². The lowest BCUT2D eigenvalue weighted by molar-refractivity contribution is 0.105. The minimum atomic E-state index is 0.444. The van der Waals surface area contributed by atoms with E-state index in [1.54, 1.807) is 0 Å². The summed E-state index contributed by atoms with van der Waals surface area (Å²) in [4.78, 5) is 0. The zero-order valence-corrected chi connectivity index (χ0v) is 30.8. The minimum absolute atomic E-state index is 0.444. The van der Waals surface area contributed by atoms with E-state index in [1.165, 1.54) is 82.2 Å². The summed E-state index contributed by atoms with van der Waals surface area (Å²) in [7, 11) is 0. The molecule has 2 heterocycles. The van der Waals surface area contributed by atoms with Crippen molar-refractivity contribution in [3.63, 3.8) is 0 Å². The molecule has 0 spiro atoms. The molecule has 10 rings (SSSR count). The van der Waals surface area contributed by atoms with Gasteiger partial charge in [0.1, 0.15) is 11.4 Å². The summed E-state index contributed by atoms with van der Waals surface area (Å²) in [5.41, 5.74) is 4.12. The van der Waals surface area contributed by atoms with Crippen LogP contribution >= 0.6 is 0 Å². The minimum Gasteiger partial charge on any atom is -0.370 e. The van der Waals surface area contributed by atoms with Gasteiger partial charge in [0.05, 0.1) is 38.8 Å². The van der Waals surface area contributed by atoms with Crippen molar-refractivity contribution in [2.24, 2.45) is 0 Å². The maximum Gasteiger partial charge on any atom is 0.108 e. The van der Waals surface area contributed by atoms with Crippen LogP contribution in [0.2, 0.25) is 0 Å². The summed E-state index contributed by atoms with van der Waals surface area (Å²) in [6, 6.07) is 39.6. The van der Waals surface area contributed by atoms with E-state index in [-0.39, 0.29) is 0 Å². The molecule has 8 aromatic carbocycles. The molecule has 0 atom stereocenters. The predicted molar refractivity (Wildman–Crippen MR) is 220 cm³/mol. The summed E-state index contributed by atoms with van der Waals surface area (Å²) in [6.45, 7) is 3.69. The fraction of sp³-hybridized carbons (Fsp3) is 0.234. The fourth-order valence-electron chi connectivity index (χ4n) is 8.48. The van der Waals surface area contributed by atoms with Gasteiger partial charge in [0, 0.05) is 13.1 Å². The van der Waals surface area contributed by atoms with E-state index in [2.05, 4.69) is 130 Å². The Morgan fingerprint density at radius 2 is 0.764 bits per heavy atom. The Labute approximate surface area is 318 Å². The van der Waals surface area contributed by atoms with Gasteiger partial charge in [-0.1, -0.05) is 139 Å². The summed E-state index contributed by atoms with van der Waals surface area (Å²) >= 11 is 0. The lowest BCUT2D eigenvalue weighted by Crippen LogP contribution is -2.00. The zero-order chi connectivity index (χ0) is 36.6. The summed E-state index contributed by atoms with van der Waals surface area (Å²) < 4.78 is 16.2. The van der Waals surface area contributed by atoms with Gasteiger partial charge in [-0.3, -0.25) is 9.36 Å². The molecule has 0 aliphatic rings. The van der Waals surface area contributed by atoms with Crippen molar-refractivity contribution >= 4 is 64.6 Å². The molecule has 0 saturated carbocycles. The second kappa shape index (κ2) is 14.7. The Morgan fingerprint density at radius 3 is 1.22 bits per heavy atom. The summed E-state index contributed by atoms with van der Waals surface area (Å²) in [5, 5.41) is 32.9. The van der Waals surface area contributed by atoms with Gasteiger partial charge in [-0.25, -0.2) is 0 Å². The molecule has 0 fully saturated rings. The van der Waals surface area contributed by atoms with Gasteiger partial charge in [-0.15, -0.1) is 10.2 Å². The van der Waals surface area contributed by atoms with E-state index >= 15 is 0 Å². The van der Waals surface area contributed by atoms with Crippen LogP contribution in [0.1, 0.15) is 54.6 Å². The second-order valence-corrected chi connectivity index (χ2v) is 14.9. The molecule has 2 aromatic heterocycles. The zero-order valence-electron chi connectivity index (χ0n) is 30.8. The molecule has 0 unspecified atom stereocenters. The maximum atomic E-state index is 6.15. The number of ether oxygens (including phenoxy) is 2. The highest BCUT2D eigenvalue weighted by Crippen LogP contribution is 2.37. The number of aromatic nitrogens is 6. The topological polar surface area (TPSA) is 79.9 Å². The van der Waals surface area contributed by atoms with Crippen molar-refractivity contribution in [1.82, 2.24) is 30.0 Å². The third kappa shape index (κ3) is 6.62.